The van der Waals surface area contributed by atoms with Gasteiger partial charge in [0.25, 0.3) is 0 Å². The molecule has 2 fully saturated rings. The van der Waals surface area contributed by atoms with Crippen LogP contribution in [0.3, 0.4) is 0 Å². The van der Waals surface area contributed by atoms with Gasteiger partial charge in [-0.2, -0.15) is 0 Å². The van der Waals surface area contributed by atoms with Gasteiger partial charge in [-0.05, 0) is 30.7 Å². The van der Waals surface area contributed by atoms with E-state index in [0.717, 1.165) is 25.9 Å². The highest BCUT2D eigenvalue weighted by Gasteiger charge is 2.43. The third-order valence-corrected chi connectivity index (χ3v) is 3.88. The minimum absolute atomic E-state index is 0.175. The van der Waals surface area contributed by atoms with Crippen molar-refractivity contribution in [3.05, 3.63) is 35.9 Å². The topological polar surface area (TPSA) is 38.3 Å². The van der Waals surface area contributed by atoms with Crippen molar-refractivity contribution in [3.8, 4) is 0 Å². The van der Waals surface area contributed by atoms with E-state index in [1.807, 2.05) is 18.2 Å². The summed E-state index contributed by atoms with van der Waals surface area (Å²) in [6.07, 6.45) is 3.42. The van der Waals surface area contributed by atoms with E-state index in [9.17, 15) is 4.79 Å². The van der Waals surface area contributed by atoms with Crippen molar-refractivity contribution in [2.45, 2.75) is 31.3 Å². The zero-order valence-corrected chi connectivity index (χ0v) is 10.5. The van der Waals surface area contributed by atoms with Gasteiger partial charge < -0.3 is 10.1 Å². The van der Waals surface area contributed by atoms with Crippen LogP contribution in [-0.2, 0) is 9.53 Å². The number of carbonyl (C=O) groups excluding carboxylic acids is 1. The standard InChI is InChI=1S/C15H19NO2/c17-15(16-10-12-7-4-8-18-12)14-9-13(14)11-5-2-1-3-6-11/h1-3,5-6,12-14H,4,7-10H2,(H,16,17)/t12-,13-,14-/m1/s1. The third kappa shape index (κ3) is 2.56. The third-order valence-electron chi connectivity index (χ3n) is 3.88. The van der Waals surface area contributed by atoms with Crippen LogP contribution in [0, 0.1) is 5.92 Å². The Morgan fingerprint density at radius 3 is 2.89 bits per heavy atom. The summed E-state index contributed by atoms with van der Waals surface area (Å²) in [6.45, 7) is 1.52. The molecule has 0 bridgehead atoms. The lowest BCUT2D eigenvalue weighted by Gasteiger charge is -2.10. The number of carbonyl (C=O) groups is 1. The maximum absolute atomic E-state index is 12.0. The molecule has 3 rings (SSSR count). The molecule has 1 heterocycles. The molecule has 1 amide bonds. The van der Waals surface area contributed by atoms with Gasteiger partial charge in [0.1, 0.15) is 0 Å². The van der Waals surface area contributed by atoms with Gasteiger partial charge >= 0.3 is 0 Å². The van der Waals surface area contributed by atoms with Crippen LogP contribution < -0.4 is 5.32 Å². The summed E-state index contributed by atoms with van der Waals surface area (Å²) >= 11 is 0. The van der Waals surface area contributed by atoms with Crippen LogP contribution in [-0.4, -0.2) is 25.2 Å². The molecule has 0 radical (unpaired) electrons. The Labute approximate surface area is 108 Å². The number of ether oxygens (including phenoxy) is 1. The van der Waals surface area contributed by atoms with Gasteiger partial charge in [-0.25, -0.2) is 0 Å². The van der Waals surface area contributed by atoms with Crippen molar-refractivity contribution in [3.63, 3.8) is 0 Å². The molecule has 3 nitrogen and oxygen atoms in total. The van der Waals surface area contributed by atoms with Gasteiger partial charge in [-0.3, -0.25) is 4.79 Å². The fourth-order valence-electron chi connectivity index (χ4n) is 2.70. The van der Waals surface area contributed by atoms with Crippen LogP contribution in [0.5, 0.6) is 0 Å². The summed E-state index contributed by atoms with van der Waals surface area (Å²) < 4.78 is 5.50. The van der Waals surface area contributed by atoms with E-state index >= 15 is 0 Å². The van der Waals surface area contributed by atoms with Crippen molar-refractivity contribution < 1.29 is 9.53 Å². The Bertz CT molecular complexity index is 412. The van der Waals surface area contributed by atoms with Crippen molar-refractivity contribution >= 4 is 5.91 Å². The molecule has 3 heteroatoms. The molecule has 0 unspecified atom stereocenters. The normalized spacial score (nSPS) is 30.1. The molecule has 1 aliphatic heterocycles. The number of benzene rings is 1. The first-order chi connectivity index (χ1) is 8.84. The zero-order chi connectivity index (χ0) is 12.4. The van der Waals surface area contributed by atoms with Crippen LogP contribution in [0.25, 0.3) is 0 Å². The van der Waals surface area contributed by atoms with E-state index < -0.39 is 0 Å². The largest absolute Gasteiger partial charge is 0.376 e. The minimum atomic E-state index is 0.175. The molecule has 1 saturated heterocycles. The fraction of sp³-hybridized carbons (Fsp3) is 0.533. The lowest BCUT2D eigenvalue weighted by Crippen LogP contribution is -2.33. The van der Waals surface area contributed by atoms with Crippen LogP contribution in [0.1, 0.15) is 30.7 Å². The molecule has 1 aliphatic carbocycles. The molecule has 18 heavy (non-hydrogen) atoms. The van der Waals surface area contributed by atoms with Crippen LogP contribution >= 0.6 is 0 Å². The van der Waals surface area contributed by atoms with E-state index in [2.05, 4.69) is 17.4 Å². The van der Waals surface area contributed by atoms with Gasteiger partial charge in [0.05, 0.1) is 6.10 Å². The molecule has 3 atom stereocenters. The lowest BCUT2D eigenvalue weighted by molar-refractivity contribution is -0.122. The van der Waals surface area contributed by atoms with Crippen molar-refractivity contribution in [1.82, 2.24) is 5.32 Å². The average molecular weight is 245 g/mol. The zero-order valence-electron chi connectivity index (χ0n) is 10.5. The summed E-state index contributed by atoms with van der Waals surface area (Å²) in [5.41, 5.74) is 1.29. The molecule has 1 saturated carbocycles. The van der Waals surface area contributed by atoms with E-state index in [0.29, 0.717) is 12.5 Å². The maximum Gasteiger partial charge on any atom is 0.223 e. The number of amides is 1. The first-order valence-electron chi connectivity index (χ1n) is 6.79. The van der Waals surface area contributed by atoms with E-state index in [4.69, 9.17) is 4.74 Å². The second kappa shape index (κ2) is 5.11. The number of rotatable bonds is 4. The second-order valence-electron chi connectivity index (χ2n) is 5.24. The van der Waals surface area contributed by atoms with Crippen molar-refractivity contribution in [1.29, 1.82) is 0 Å². The first kappa shape index (κ1) is 11.7. The SMILES string of the molecule is O=C(NC[C@H]1CCCO1)[C@@H]1C[C@@H]1c1ccccc1. The van der Waals surface area contributed by atoms with Gasteiger partial charge in [0.15, 0.2) is 0 Å². The highest BCUT2D eigenvalue weighted by atomic mass is 16.5. The number of hydrogen-bond acceptors (Lipinski definition) is 2. The summed E-state index contributed by atoms with van der Waals surface area (Å²) in [5.74, 6) is 0.795. The summed E-state index contributed by atoms with van der Waals surface area (Å²) in [7, 11) is 0. The fourth-order valence-corrected chi connectivity index (χ4v) is 2.70. The van der Waals surface area contributed by atoms with E-state index in [-0.39, 0.29) is 17.9 Å². The number of hydrogen-bond donors (Lipinski definition) is 1. The number of nitrogens with one attached hydrogen (secondary N) is 1. The Hall–Kier alpha value is -1.35. The van der Waals surface area contributed by atoms with Crippen molar-refractivity contribution in [2.75, 3.05) is 13.2 Å². The van der Waals surface area contributed by atoms with Gasteiger partial charge in [-0.15, -0.1) is 0 Å². The smallest absolute Gasteiger partial charge is 0.223 e. The quantitative estimate of drug-likeness (QED) is 0.882. The Morgan fingerprint density at radius 1 is 1.33 bits per heavy atom. The van der Waals surface area contributed by atoms with Gasteiger partial charge in [0, 0.05) is 19.1 Å². The molecule has 0 aromatic heterocycles. The lowest BCUT2D eigenvalue weighted by atomic mass is 10.1. The first-order valence-corrected chi connectivity index (χ1v) is 6.79. The Kier molecular flexibility index (Phi) is 3.33. The minimum Gasteiger partial charge on any atom is -0.376 e. The molecule has 1 N–H and O–H groups in total. The summed E-state index contributed by atoms with van der Waals surface area (Å²) in [6, 6.07) is 10.3. The predicted octanol–water partition coefficient (Wildman–Crippen LogP) is 2.09. The van der Waals surface area contributed by atoms with E-state index in [1.54, 1.807) is 0 Å². The molecule has 1 aromatic rings. The van der Waals surface area contributed by atoms with Crippen LogP contribution in [0.15, 0.2) is 30.3 Å². The monoisotopic (exact) mass is 245 g/mol. The summed E-state index contributed by atoms with van der Waals surface area (Å²) in [4.78, 5) is 12.0. The predicted molar refractivity (Wildman–Crippen MR) is 69.3 cm³/mol. The average Bonchev–Trinajstić information content (AvgIpc) is 3.05. The van der Waals surface area contributed by atoms with E-state index in [1.165, 1.54) is 5.56 Å². The molecule has 0 spiro atoms. The molecule has 1 aromatic carbocycles. The molecule has 96 valence electrons. The van der Waals surface area contributed by atoms with Gasteiger partial charge in [0.2, 0.25) is 5.91 Å². The highest BCUT2D eigenvalue weighted by Crippen LogP contribution is 2.47. The Balaban J connectivity index is 1.47. The van der Waals surface area contributed by atoms with Crippen LogP contribution in [0.4, 0.5) is 0 Å². The molecule has 2 aliphatic rings. The van der Waals surface area contributed by atoms with Crippen LogP contribution in [0.2, 0.25) is 0 Å². The highest BCUT2D eigenvalue weighted by molar-refractivity contribution is 5.82. The van der Waals surface area contributed by atoms with Gasteiger partial charge in [-0.1, -0.05) is 30.3 Å². The Morgan fingerprint density at radius 2 is 2.17 bits per heavy atom. The molecular formula is C15H19NO2. The second-order valence-corrected chi connectivity index (χ2v) is 5.24. The molecular weight excluding hydrogens is 226 g/mol. The summed E-state index contributed by atoms with van der Waals surface area (Å²) in [5, 5.41) is 3.02. The van der Waals surface area contributed by atoms with Crippen molar-refractivity contribution in [2.24, 2.45) is 5.92 Å². The maximum atomic E-state index is 12.0.